The van der Waals surface area contributed by atoms with Crippen molar-refractivity contribution >= 4 is 17.9 Å². The van der Waals surface area contributed by atoms with Gasteiger partial charge < -0.3 is 0 Å². The van der Waals surface area contributed by atoms with Crippen LogP contribution in [0.4, 0.5) is 0 Å². The van der Waals surface area contributed by atoms with Gasteiger partial charge in [-0.2, -0.15) is 0 Å². The van der Waals surface area contributed by atoms with Crippen LogP contribution in [0, 0.1) is 13.8 Å². The van der Waals surface area contributed by atoms with E-state index in [0.29, 0.717) is 27.8 Å². The first-order valence-electron chi connectivity index (χ1n) is 7.26. The van der Waals surface area contributed by atoms with Crippen molar-refractivity contribution in [2.24, 2.45) is 0 Å². The standard InChI is InChI=1S/C19H15ClN2O/c1-12-10-15(20)8-9-16(12)18-17(11-23)13(2)21-19(22-18)14-6-4-3-5-7-14/h3-11H,1-2H3. The number of benzene rings is 2. The zero-order valence-corrected chi connectivity index (χ0v) is 13.6. The number of carbonyl (C=O) groups excluding carboxylic acids is 1. The van der Waals surface area contributed by atoms with Gasteiger partial charge in [-0.05, 0) is 31.5 Å². The average molecular weight is 323 g/mol. The Balaban J connectivity index is 2.26. The van der Waals surface area contributed by atoms with Crippen LogP contribution >= 0.6 is 11.6 Å². The Hall–Kier alpha value is -2.52. The number of aldehydes is 1. The zero-order valence-electron chi connectivity index (χ0n) is 12.9. The van der Waals surface area contributed by atoms with Crippen LogP contribution in [0.5, 0.6) is 0 Å². The third-order valence-corrected chi connectivity index (χ3v) is 3.96. The monoisotopic (exact) mass is 322 g/mol. The SMILES string of the molecule is Cc1cc(Cl)ccc1-c1nc(-c2ccccc2)nc(C)c1C=O. The number of hydrogen-bond acceptors (Lipinski definition) is 3. The highest BCUT2D eigenvalue weighted by Gasteiger charge is 2.15. The molecule has 3 rings (SSSR count). The van der Waals surface area contributed by atoms with Gasteiger partial charge >= 0.3 is 0 Å². The fourth-order valence-corrected chi connectivity index (χ4v) is 2.76. The van der Waals surface area contributed by atoms with Gasteiger partial charge in [-0.25, -0.2) is 9.97 Å². The van der Waals surface area contributed by atoms with E-state index in [2.05, 4.69) is 9.97 Å². The number of nitrogens with zero attached hydrogens (tertiary/aromatic N) is 2. The van der Waals surface area contributed by atoms with Gasteiger partial charge in [0.1, 0.15) is 0 Å². The second kappa shape index (κ2) is 6.31. The Morgan fingerprint density at radius 2 is 1.74 bits per heavy atom. The van der Waals surface area contributed by atoms with Crippen molar-refractivity contribution in [3.05, 3.63) is 70.4 Å². The van der Waals surface area contributed by atoms with E-state index in [1.165, 1.54) is 0 Å². The van der Waals surface area contributed by atoms with Crippen LogP contribution in [0.15, 0.2) is 48.5 Å². The van der Waals surface area contributed by atoms with E-state index in [1.54, 1.807) is 6.07 Å². The molecule has 0 spiro atoms. The molecule has 0 bridgehead atoms. The molecule has 0 atom stereocenters. The smallest absolute Gasteiger partial charge is 0.160 e. The fourth-order valence-electron chi connectivity index (χ4n) is 2.54. The van der Waals surface area contributed by atoms with Crippen molar-refractivity contribution in [2.45, 2.75) is 13.8 Å². The summed E-state index contributed by atoms with van der Waals surface area (Å²) in [5, 5.41) is 0.660. The second-order valence-electron chi connectivity index (χ2n) is 5.34. The molecule has 0 aliphatic rings. The minimum atomic E-state index is 0.509. The normalized spacial score (nSPS) is 10.6. The predicted octanol–water partition coefficient (Wildman–Crippen LogP) is 4.89. The first kappa shape index (κ1) is 15.4. The van der Waals surface area contributed by atoms with Crippen molar-refractivity contribution < 1.29 is 4.79 Å². The van der Waals surface area contributed by atoms with Crippen molar-refractivity contribution in [1.29, 1.82) is 0 Å². The molecule has 0 saturated heterocycles. The highest BCUT2D eigenvalue weighted by atomic mass is 35.5. The summed E-state index contributed by atoms with van der Waals surface area (Å²) in [5.41, 5.74) is 4.59. The van der Waals surface area contributed by atoms with Crippen molar-refractivity contribution in [3.8, 4) is 22.6 Å². The Morgan fingerprint density at radius 3 is 2.39 bits per heavy atom. The van der Waals surface area contributed by atoms with Gasteiger partial charge in [0.15, 0.2) is 12.1 Å². The second-order valence-corrected chi connectivity index (χ2v) is 5.77. The third kappa shape index (κ3) is 3.01. The summed E-state index contributed by atoms with van der Waals surface area (Å²) in [4.78, 5) is 20.7. The van der Waals surface area contributed by atoms with Crippen molar-refractivity contribution in [2.75, 3.05) is 0 Å². The number of rotatable bonds is 3. The molecule has 2 aromatic carbocycles. The van der Waals surface area contributed by atoms with E-state index in [0.717, 1.165) is 23.0 Å². The Kier molecular flexibility index (Phi) is 4.22. The van der Waals surface area contributed by atoms with Crippen LogP contribution in [-0.4, -0.2) is 16.3 Å². The number of halogens is 1. The number of aryl methyl sites for hydroxylation is 2. The number of hydrogen-bond donors (Lipinski definition) is 0. The maximum Gasteiger partial charge on any atom is 0.160 e. The molecule has 0 aliphatic heterocycles. The number of carbonyl (C=O) groups is 1. The third-order valence-electron chi connectivity index (χ3n) is 3.73. The molecule has 1 aromatic heterocycles. The molecule has 0 fully saturated rings. The van der Waals surface area contributed by atoms with E-state index in [1.807, 2.05) is 56.3 Å². The van der Waals surface area contributed by atoms with Gasteiger partial charge in [0.25, 0.3) is 0 Å². The van der Waals surface area contributed by atoms with Gasteiger partial charge in [0, 0.05) is 16.1 Å². The van der Waals surface area contributed by atoms with Crippen LogP contribution in [0.3, 0.4) is 0 Å². The quantitative estimate of drug-likeness (QED) is 0.644. The zero-order chi connectivity index (χ0) is 16.4. The molecule has 0 unspecified atom stereocenters. The van der Waals surface area contributed by atoms with Gasteiger partial charge in [-0.1, -0.05) is 48.0 Å². The molecule has 1 heterocycles. The van der Waals surface area contributed by atoms with Crippen LogP contribution in [0.25, 0.3) is 22.6 Å². The molecule has 0 saturated carbocycles. The van der Waals surface area contributed by atoms with E-state index >= 15 is 0 Å². The lowest BCUT2D eigenvalue weighted by molar-refractivity contribution is 0.112. The lowest BCUT2D eigenvalue weighted by Gasteiger charge is -2.12. The maximum absolute atomic E-state index is 11.5. The molecule has 23 heavy (non-hydrogen) atoms. The summed E-state index contributed by atoms with van der Waals surface area (Å²) >= 11 is 6.03. The molecule has 0 N–H and O–H groups in total. The van der Waals surface area contributed by atoms with Gasteiger partial charge in [0.05, 0.1) is 17.0 Å². The summed E-state index contributed by atoms with van der Waals surface area (Å²) in [6.07, 6.45) is 0.813. The van der Waals surface area contributed by atoms with Crippen LogP contribution in [0.1, 0.15) is 21.6 Å². The van der Waals surface area contributed by atoms with Crippen LogP contribution in [0.2, 0.25) is 5.02 Å². The fraction of sp³-hybridized carbons (Fsp3) is 0.105. The van der Waals surface area contributed by atoms with Gasteiger partial charge in [0.2, 0.25) is 0 Å². The molecule has 0 amide bonds. The lowest BCUT2D eigenvalue weighted by atomic mass is 10.0. The first-order chi connectivity index (χ1) is 11.1. The van der Waals surface area contributed by atoms with Crippen LogP contribution < -0.4 is 0 Å². The summed E-state index contributed by atoms with van der Waals surface area (Å²) in [6, 6.07) is 15.3. The maximum atomic E-state index is 11.5. The van der Waals surface area contributed by atoms with Crippen LogP contribution in [-0.2, 0) is 0 Å². The largest absolute Gasteiger partial charge is 0.298 e. The molecule has 0 radical (unpaired) electrons. The molecular weight excluding hydrogens is 308 g/mol. The minimum absolute atomic E-state index is 0.509. The summed E-state index contributed by atoms with van der Waals surface area (Å²) in [5.74, 6) is 0.609. The summed E-state index contributed by atoms with van der Waals surface area (Å²) in [6.45, 7) is 3.78. The van der Waals surface area contributed by atoms with Crippen molar-refractivity contribution in [1.82, 2.24) is 9.97 Å². The number of aromatic nitrogens is 2. The van der Waals surface area contributed by atoms with E-state index in [4.69, 9.17) is 11.6 Å². The topological polar surface area (TPSA) is 42.9 Å². The Morgan fingerprint density at radius 1 is 1.00 bits per heavy atom. The van der Waals surface area contributed by atoms with E-state index < -0.39 is 0 Å². The summed E-state index contributed by atoms with van der Waals surface area (Å²) < 4.78 is 0. The first-order valence-corrected chi connectivity index (χ1v) is 7.63. The van der Waals surface area contributed by atoms with Gasteiger partial charge in [-0.15, -0.1) is 0 Å². The molecule has 3 nitrogen and oxygen atoms in total. The molecule has 4 heteroatoms. The lowest BCUT2D eigenvalue weighted by Crippen LogP contribution is -2.03. The highest BCUT2D eigenvalue weighted by Crippen LogP contribution is 2.29. The molecule has 114 valence electrons. The highest BCUT2D eigenvalue weighted by molar-refractivity contribution is 6.30. The Bertz CT molecular complexity index is 876. The van der Waals surface area contributed by atoms with E-state index in [9.17, 15) is 4.79 Å². The Labute approximate surface area is 140 Å². The predicted molar refractivity (Wildman–Crippen MR) is 92.8 cm³/mol. The molecular formula is C19H15ClN2O. The van der Waals surface area contributed by atoms with Crippen molar-refractivity contribution in [3.63, 3.8) is 0 Å². The molecule has 3 aromatic rings. The van der Waals surface area contributed by atoms with Gasteiger partial charge in [-0.3, -0.25) is 4.79 Å². The molecule has 0 aliphatic carbocycles. The minimum Gasteiger partial charge on any atom is -0.298 e. The van der Waals surface area contributed by atoms with E-state index in [-0.39, 0.29) is 0 Å². The summed E-state index contributed by atoms with van der Waals surface area (Å²) in [7, 11) is 0. The average Bonchev–Trinajstić information content (AvgIpc) is 2.55.